The standard InChI is InChI=1S/C15H23NO/c1-13-6-8-14(9-7-13)16-15(12-17)10-4-2-3-5-11-15/h6-9,16-17H,2-5,10-12H2,1H3. The third-order valence-corrected chi connectivity index (χ3v) is 3.82. The van der Waals surface area contributed by atoms with E-state index >= 15 is 0 Å². The van der Waals surface area contributed by atoms with Gasteiger partial charge in [-0.25, -0.2) is 0 Å². The first-order valence-electron chi connectivity index (χ1n) is 6.70. The minimum Gasteiger partial charge on any atom is -0.394 e. The van der Waals surface area contributed by atoms with Crippen LogP contribution in [0.5, 0.6) is 0 Å². The van der Waals surface area contributed by atoms with Crippen molar-refractivity contribution in [2.24, 2.45) is 0 Å². The third kappa shape index (κ3) is 3.22. The zero-order valence-electron chi connectivity index (χ0n) is 10.7. The summed E-state index contributed by atoms with van der Waals surface area (Å²) in [6.07, 6.45) is 7.21. The van der Waals surface area contributed by atoms with Crippen LogP contribution in [0.25, 0.3) is 0 Å². The maximum Gasteiger partial charge on any atom is 0.0661 e. The van der Waals surface area contributed by atoms with E-state index in [0.29, 0.717) is 0 Å². The third-order valence-electron chi connectivity index (χ3n) is 3.82. The van der Waals surface area contributed by atoms with E-state index in [0.717, 1.165) is 18.5 Å². The van der Waals surface area contributed by atoms with Gasteiger partial charge < -0.3 is 10.4 Å². The van der Waals surface area contributed by atoms with Crippen LogP contribution in [0.1, 0.15) is 44.1 Å². The Kier molecular flexibility index (Phi) is 4.06. The fourth-order valence-corrected chi connectivity index (χ4v) is 2.67. The number of benzene rings is 1. The fraction of sp³-hybridized carbons (Fsp3) is 0.600. The first kappa shape index (κ1) is 12.4. The maximum absolute atomic E-state index is 9.72. The number of rotatable bonds is 3. The molecular formula is C15H23NO. The van der Waals surface area contributed by atoms with Crippen molar-refractivity contribution in [3.8, 4) is 0 Å². The first-order chi connectivity index (χ1) is 8.24. The van der Waals surface area contributed by atoms with E-state index in [4.69, 9.17) is 0 Å². The van der Waals surface area contributed by atoms with E-state index in [9.17, 15) is 5.11 Å². The number of hydrogen-bond acceptors (Lipinski definition) is 2. The molecule has 1 saturated carbocycles. The molecule has 0 aliphatic heterocycles. The molecule has 2 rings (SSSR count). The van der Waals surface area contributed by atoms with Gasteiger partial charge in [-0.15, -0.1) is 0 Å². The van der Waals surface area contributed by atoms with Crippen LogP contribution in [0, 0.1) is 6.92 Å². The molecule has 17 heavy (non-hydrogen) atoms. The molecule has 0 saturated heterocycles. The van der Waals surface area contributed by atoms with Crippen LogP contribution in [0.3, 0.4) is 0 Å². The molecule has 1 fully saturated rings. The Balaban J connectivity index is 2.09. The normalized spacial score (nSPS) is 19.6. The number of aliphatic hydroxyl groups is 1. The summed E-state index contributed by atoms with van der Waals surface area (Å²) in [4.78, 5) is 0. The van der Waals surface area contributed by atoms with Crippen molar-refractivity contribution in [1.82, 2.24) is 0 Å². The second kappa shape index (κ2) is 5.54. The van der Waals surface area contributed by atoms with E-state index in [2.05, 4.69) is 36.5 Å². The van der Waals surface area contributed by atoms with Crippen molar-refractivity contribution < 1.29 is 5.11 Å². The van der Waals surface area contributed by atoms with Crippen molar-refractivity contribution in [1.29, 1.82) is 0 Å². The molecule has 0 bridgehead atoms. The molecule has 2 nitrogen and oxygen atoms in total. The lowest BCUT2D eigenvalue weighted by Crippen LogP contribution is -2.41. The van der Waals surface area contributed by atoms with Gasteiger partial charge in [0.1, 0.15) is 0 Å². The second-order valence-corrected chi connectivity index (χ2v) is 5.34. The van der Waals surface area contributed by atoms with Gasteiger partial charge in [0.15, 0.2) is 0 Å². The lowest BCUT2D eigenvalue weighted by Gasteiger charge is -2.33. The van der Waals surface area contributed by atoms with Crippen LogP contribution < -0.4 is 5.32 Å². The Morgan fingerprint density at radius 3 is 2.18 bits per heavy atom. The Bertz CT molecular complexity index is 336. The Morgan fingerprint density at radius 2 is 1.65 bits per heavy atom. The average Bonchev–Trinajstić information content (AvgIpc) is 2.58. The van der Waals surface area contributed by atoms with Crippen LogP contribution in [-0.4, -0.2) is 17.3 Å². The van der Waals surface area contributed by atoms with Gasteiger partial charge in [-0.1, -0.05) is 43.4 Å². The molecule has 0 spiro atoms. The fourth-order valence-electron chi connectivity index (χ4n) is 2.67. The molecule has 0 aromatic heterocycles. The predicted molar refractivity (Wildman–Crippen MR) is 72.3 cm³/mol. The molecule has 1 aliphatic rings. The lowest BCUT2D eigenvalue weighted by molar-refractivity contribution is 0.196. The largest absolute Gasteiger partial charge is 0.394 e. The SMILES string of the molecule is Cc1ccc(NC2(CO)CCCCCC2)cc1. The number of aliphatic hydroxyl groups excluding tert-OH is 1. The summed E-state index contributed by atoms with van der Waals surface area (Å²) in [5.74, 6) is 0. The number of aryl methyl sites for hydroxylation is 1. The van der Waals surface area contributed by atoms with Crippen molar-refractivity contribution in [3.63, 3.8) is 0 Å². The van der Waals surface area contributed by atoms with Crippen LogP contribution in [0.15, 0.2) is 24.3 Å². The molecule has 0 unspecified atom stereocenters. The summed E-state index contributed by atoms with van der Waals surface area (Å²) in [5.41, 5.74) is 2.31. The molecule has 94 valence electrons. The van der Waals surface area contributed by atoms with Gasteiger partial charge in [0, 0.05) is 5.69 Å². The highest BCUT2D eigenvalue weighted by molar-refractivity contribution is 5.46. The highest BCUT2D eigenvalue weighted by atomic mass is 16.3. The molecule has 2 heteroatoms. The van der Waals surface area contributed by atoms with Crippen LogP contribution in [0.4, 0.5) is 5.69 Å². The molecule has 1 aromatic rings. The highest BCUT2D eigenvalue weighted by Crippen LogP contribution is 2.30. The predicted octanol–water partition coefficient (Wildman–Crippen LogP) is 3.49. The first-order valence-corrected chi connectivity index (χ1v) is 6.70. The Labute approximate surface area is 104 Å². The summed E-state index contributed by atoms with van der Waals surface area (Å²) < 4.78 is 0. The molecule has 2 N–H and O–H groups in total. The summed E-state index contributed by atoms with van der Waals surface area (Å²) >= 11 is 0. The second-order valence-electron chi connectivity index (χ2n) is 5.34. The smallest absolute Gasteiger partial charge is 0.0661 e. The Morgan fingerprint density at radius 1 is 1.06 bits per heavy atom. The van der Waals surface area contributed by atoms with E-state index in [1.165, 1.54) is 31.2 Å². The van der Waals surface area contributed by atoms with Gasteiger partial charge in [-0.2, -0.15) is 0 Å². The number of hydrogen-bond donors (Lipinski definition) is 2. The van der Waals surface area contributed by atoms with E-state index in [-0.39, 0.29) is 12.1 Å². The molecular weight excluding hydrogens is 210 g/mol. The van der Waals surface area contributed by atoms with Gasteiger partial charge in [-0.3, -0.25) is 0 Å². The van der Waals surface area contributed by atoms with E-state index in [1.807, 2.05) is 0 Å². The molecule has 0 heterocycles. The monoisotopic (exact) mass is 233 g/mol. The van der Waals surface area contributed by atoms with E-state index < -0.39 is 0 Å². The quantitative estimate of drug-likeness (QED) is 0.783. The summed E-state index contributed by atoms with van der Waals surface area (Å²) in [7, 11) is 0. The summed E-state index contributed by atoms with van der Waals surface area (Å²) in [5, 5.41) is 13.3. The molecule has 0 radical (unpaired) electrons. The molecule has 1 aliphatic carbocycles. The van der Waals surface area contributed by atoms with Gasteiger partial charge in [0.2, 0.25) is 0 Å². The topological polar surface area (TPSA) is 32.3 Å². The van der Waals surface area contributed by atoms with Gasteiger partial charge in [0.25, 0.3) is 0 Å². The van der Waals surface area contributed by atoms with Gasteiger partial charge >= 0.3 is 0 Å². The van der Waals surface area contributed by atoms with Crippen molar-refractivity contribution in [2.75, 3.05) is 11.9 Å². The summed E-state index contributed by atoms with van der Waals surface area (Å²) in [6, 6.07) is 8.45. The average molecular weight is 233 g/mol. The van der Waals surface area contributed by atoms with Crippen molar-refractivity contribution in [3.05, 3.63) is 29.8 Å². The van der Waals surface area contributed by atoms with Crippen LogP contribution >= 0.6 is 0 Å². The number of nitrogens with one attached hydrogen (secondary N) is 1. The van der Waals surface area contributed by atoms with Crippen molar-refractivity contribution >= 4 is 5.69 Å². The zero-order chi connectivity index (χ0) is 12.1. The number of anilines is 1. The Hall–Kier alpha value is -1.02. The van der Waals surface area contributed by atoms with Gasteiger partial charge in [0.05, 0.1) is 12.1 Å². The zero-order valence-corrected chi connectivity index (χ0v) is 10.7. The minimum atomic E-state index is -0.0915. The van der Waals surface area contributed by atoms with Crippen LogP contribution in [0.2, 0.25) is 0 Å². The highest BCUT2D eigenvalue weighted by Gasteiger charge is 2.29. The molecule has 0 atom stereocenters. The van der Waals surface area contributed by atoms with E-state index in [1.54, 1.807) is 0 Å². The van der Waals surface area contributed by atoms with Crippen molar-refractivity contribution in [2.45, 2.75) is 51.0 Å². The lowest BCUT2D eigenvalue weighted by atomic mass is 9.90. The molecule has 0 amide bonds. The van der Waals surface area contributed by atoms with Crippen LogP contribution in [-0.2, 0) is 0 Å². The summed E-state index contributed by atoms with van der Waals surface area (Å²) in [6.45, 7) is 2.33. The molecule has 1 aromatic carbocycles. The minimum absolute atomic E-state index is 0.0915. The van der Waals surface area contributed by atoms with Gasteiger partial charge in [-0.05, 0) is 31.9 Å². The maximum atomic E-state index is 9.72.